The molecule has 108 valence electrons. The summed E-state index contributed by atoms with van der Waals surface area (Å²) >= 11 is 3.48. The van der Waals surface area contributed by atoms with Gasteiger partial charge < -0.3 is 4.90 Å². The minimum absolute atomic E-state index is 0.177. The third-order valence-corrected chi connectivity index (χ3v) is 4.85. The number of aryl methyl sites for hydroxylation is 1. The number of carbonyl (C=O) groups is 1. The van der Waals surface area contributed by atoms with E-state index in [-0.39, 0.29) is 5.91 Å². The van der Waals surface area contributed by atoms with E-state index in [9.17, 15) is 4.79 Å². The van der Waals surface area contributed by atoms with Crippen molar-refractivity contribution in [3.8, 4) is 0 Å². The van der Waals surface area contributed by atoms with Crippen LogP contribution < -0.4 is 0 Å². The molecule has 0 aliphatic carbocycles. The number of halogens is 1. The Morgan fingerprint density at radius 1 is 1.20 bits per heavy atom. The number of hydrogen-bond acceptors (Lipinski definition) is 2. The van der Waals surface area contributed by atoms with E-state index in [0.29, 0.717) is 6.04 Å². The maximum Gasteiger partial charge on any atom is 0.253 e. The number of rotatable bonds is 2. The van der Waals surface area contributed by atoms with Crippen LogP contribution >= 0.6 is 15.9 Å². The predicted octanol–water partition coefficient (Wildman–Crippen LogP) is 3.07. The number of nitrogens with zero attached hydrogens (tertiary/aromatic N) is 2. The Kier molecular flexibility index (Phi) is 4.13. The van der Waals surface area contributed by atoms with Gasteiger partial charge in [-0.25, -0.2) is 0 Å². The van der Waals surface area contributed by atoms with Gasteiger partial charge in [0.2, 0.25) is 0 Å². The fraction of sp³-hybridized carbons (Fsp3) is 0.562. The second kappa shape index (κ2) is 5.86. The van der Waals surface area contributed by atoms with Crippen LogP contribution in [0.1, 0.15) is 35.2 Å². The van der Waals surface area contributed by atoms with Gasteiger partial charge in [0.05, 0.1) is 0 Å². The molecular weight excluding hydrogens is 316 g/mol. The van der Waals surface area contributed by atoms with Crippen LogP contribution in [0.25, 0.3) is 0 Å². The Morgan fingerprint density at radius 2 is 1.95 bits per heavy atom. The van der Waals surface area contributed by atoms with Crippen LogP contribution in [0.2, 0.25) is 0 Å². The van der Waals surface area contributed by atoms with E-state index >= 15 is 0 Å². The minimum atomic E-state index is 0.177. The molecule has 1 atom stereocenters. The molecule has 20 heavy (non-hydrogen) atoms. The van der Waals surface area contributed by atoms with Crippen LogP contribution in [0, 0.1) is 6.92 Å². The van der Waals surface area contributed by atoms with Crippen molar-refractivity contribution < 1.29 is 4.79 Å². The van der Waals surface area contributed by atoms with E-state index in [4.69, 9.17) is 0 Å². The first-order chi connectivity index (χ1) is 9.63. The largest absolute Gasteiger partial charge is 0.337 e. The van der Waals surface area contributed by atoms with Crippen molar-refractivity contribution >= 4 is 21.8 Å². The minimum Gasteiger partial charge on any atom is -0.337 e. The Hall–Kier alpha value is -0.870. The monoisotopic (exact) mass is 336 g/mol. The summed E-state index contributed by atoms with van der Waals surface area (Å²) in [4.78, 5) is 17.2. The zero-order valence-corrected chi connectivity index (χ0v) is 13.5. The highest BCUT2D eigenvalue weighted by Crippen LogP contribution is 2.23. The van der Waals surface area contributed by atoms with E-state index < -0.39 is 0 Å². The zero-order chi connectivity index (χ0) is 14.1. The van der Waals surface area contributed by atoms with Gasteiger partial charge in [-0.2, -0.15) is 0 Å². The molecule has 2 saturated heterocycles. The molecule has 0 radical (unpaired) electrons. The van der Waals surface area contributed by atoms with Gasteiger partial charge in [0, 0.05) is 29.2 Å². The lowest BCUT2D eigenvalue weighted by Gasteiger charge is -2.23. The lowest BCUT2D eigenvalue weighted by molar-refractivity contribution is 0.0780. The first-order valence-corrected chi connectivity index (χ1v) is 8.23. The van der Waals surface area contributed by atoms with Crippen molar-refractivity contribution in [1.82, 2.24) is 9.80 Å². The van der Waals surface area contributed by atoms with Gasteiger partial charge in [0.1, 0.15) is 0 Å². The molecule has 3 rings (SSSR count). The smallest absolute Gasteiger partial charge is 0.253 e. The summed E-state index contributed by atoms with van der Waals surface area (Å²) in [7, 11) is 0. The molecule has 0 saturated carbocycles. The van der Waals surface area contributed by atoms with Crippen LogP contribution in [0.15, 0.2) is 22.7 Å². The lowest BCUT2D eigenvalue weighted by Crippen LogP contribution is -2.37. The van der Waals surface area contributed by atoms with E-state index in [2.05, 4.69) is 20.8 Å². The lowest BCUT2D eigenvalue weighted by atomic mass is 10.1. The third-order valence-electron chi connectivity index (χ3n) is 4.40. The Bertz CT molecular complexity index is 491. The third kappa shape index (κ3) is 2.91. The zero-order valence-electron chi connectivity index (χ0n) is 11.9. The van der Waals surface area contributed by atoms with Gasteiger partial charge in [-0.15, -0.1) is 0 Å². The molecule has 2 aliphatic heterocycles. The molecule has 1 amide bonds. The van der Waals surface area contributed by atoms with Gasteiger partial charge in [-0.1, -0.05) is 15.9 Å². The molecule has 4 heteroatoms. The second-order valence-corrected chi connectivity index (χ2v) is 6.87. The van der Waals surface area contributed by atoms with E-state index in [1.807, 2.05) is 30.0 Å². The SMILES string of the molecule is Cc1cc(Br)cc(C(=O)N2CC[C@@H](N3CCCC3)C2)c1. The molecule has 1 aromatic carbocycles. The van der Waals surface area contributed by atoms with Crippen LogP contribution in [0.4, 0.5) is 0 Å². The summed E-state index contributed by atoms with van der Waals surface area (Å²) in [5.74, 6) is 0.177. The molecule has 1 aromatic rings. The molecule has 0 bridgehead atoms. The standard InChI is InChI=1S/C16H21BrN2O/c1-12-8-13(10-14(17)9-12)16(20)19-7-4-15(11-19)18-5-2-3-6-18/h8-10,15H,2-7,11H2,1H3/t15-/m1/s1. The number of hydrogen-bond donors (Lipinski definition) is 0. The number of benzene rings is 1. The average Bonchev–Trinajstić information content (AvgIpc) is 3.07. The van der Waals surface area contributed by atoms with Crippen LogP contribution in [0.5, 0.6) is 0 Å². The quantitative estimate of drug-likeness (QED) is 0.828. The Balaban J connectivity index is 1.68. The Labute approximate surface area is 129 Å². The first kappa shape index (κ1) is 14.1. The van der Waals surface area contributed by atoms with Crippen molar-refractivity contribution in [2.24, 2.45) is 0 Å². The highest BCUT2D eigenvalue weighted by Gasteiger charge is 2.31. The summed E-state index contributed by atoms with van der Waals surface area (Å²) in [5, 5.41) is 0. The summed E-state index contributed by atoms with van der Waals surface area (Å²) in [6.45, 7) is 6.24. The summed E-state index contributed by atoms with van der Waals surface area (Å²) in [6.07, 6.45) is 3.75. The van der Waals surface area contributed by atoms with Crippen LogP contribution in [-0.4, -0.2) is 47.9 Å². The summed E-state index contributed by atoms with van der Waals surface area (Å²) in [5.41, 5.74) is 1.93. The van der Waals surface area contributed by atoms with Gasteiger partial charge in [-0.3, -0.25) is 9.69 Å². The maximum atomic E-state index is 12.6. The van der Waals surface area contributed by atoms with Gasteiger partial charge in [0.25, 0.3) is 5.91 Å². The van der Waals surface area contributed by atoms with Gasteiger partial charge in [0.15, 0.2) is 0 Å². The number of likely N-dealkylation sites (tertiary alicyclic amines) is 2. The predicted molar refractivity (Wildman–Crippen MR) is 84.0 cm³/mol. The topological polar surface area (TPSA) is 23.6 Å². The highest BCUT2D eigenvalue weighted by molar-refractivity contribution is 9.10. The average molecular weight is 337 g/mol. The normalized spacial score (nSPS) is 23.5. The van der Waals surface area contributed by atoms with Crippen LogP contribution in [0.3, 0.4) is 0 Å². The van der Waals surface area contributed by atoms with Crippen molar-refractivity contribution in [3.63, 3.8) is 0 Å². The number of carbonyl (C=O) groups excluding carboxylic acids is 1. The fourth-order valence-electron chi connectivity index (χ4n) is 3.37. The van der Waals surface area contributed by atoms with E-state index in [1.165, 1.54) is 25.9 Å². The molecule has 3 nitrogen and oxygen atoms in total. The number of amides is 1. The molecular formula is C16H21BrN2O. The van der Waals surface area contributed by atoms with Crippen molar-refractivity contribution in [3.05, 3.63) is 33.8 Å². The molecule has 0 spiro atoms. The second-order valence-electron chi connectivity index (χ2n) is 5.95. The van der Waals surface area contributed by atoms with Crippen molar-refractivity contribution in [2.75, 3.05) is 26.2 Å². The summed E-state index contributed by atoms with van der Waals surface area (Å²) in [6, 6.07) is 6.53. The van der Waals surface area contributed by atoms with Crippen molar-refractivity contribution in [2.45, 2.75) is 32.2 Å². The Morgan fingerprint density at radius 3 is 2.65 bits per heavy atom. The molecule has 2 fully saturated rings. The van der Waals surface area contributed by atoms with Gasteiger partial charge >= 0.3 is 0 Å². The fourth-order valence-corrected chi connectivity index (χ4v) is 3.98. The van der Waals surface area contributed by atoms with E-state index in [1.54, 1.807) is 0 Å². The molecule has 0 unspecified atom stereocenters. The van der Waals surface area contributed by atoms with Crippen LogP contribution in [-0.2, 0) is 0 Å². The summed E-state index contributed by atoms with van der Waals surface area (Å²) < 4.78 is 0.983. The molecule has 2 heterocycles. The molecule has 2 aliphatic rings. The van der Waals surface area contributed by atoms with Gasteiger partial charge in [-0.05, 0) is 63.0 Å². The van der Waals surface area contributed by atoms with E-state index in [0.717, 1.165) is 35.1 Å². The molecule has 0 aromatic heterocycles. The first-order valence-electron chi connectivity index (χ1n) is 7.44. The maximum absolute atomic E-state index is 12.6. The van der Waals surface area contributed by atoms with Crippen molar-refractivity contribution in [1.29, 1.82) is 0 Å². The highest BCUT2D eigenvalue weighted by atomic mass is 79.9. The molecule has 0 N–H and O–H groups in total.